The predicted octanol–water partition coefficient (Wildman–Crippen LogP) is 5.65. The van der Waals surface area contributed by atoms with Gasteiger partial charge in [-0.25, -0.2) is 9.07 Å². The third-order valence-electron chi connectivity index (χ3n) is 5.00. The Balaban J connectivity index is 1.52. The minimum Gasteiger partial charge on any atom is -0.354 e. The molecule has 0 saturated carbocycles. The second-order valence-electron chi connectivity index (χ2n) is 7.13. The Hall–Kier alpha value is -3.71. The molecule has 1 aliphatic rings. The van der Waals surface area contributed by atoms with Crippen molar-refractivity contribution in [2.45, 2.75) is 16.7 Å². The summed E-state index contributed by atoms with van der Waals surface area (Å²) in [5.41, 5.74) is 3.12. The van der Waals surface area contributed by atoms with E-state index in [1.165, 1.54) is 42.1 Å². The fraction of sp³-hybridized carbons (Fsp3) is 0.0417. The lowest BCUT2D eigenvalue weighted by Crippen LogP contribution is -2.08. The number of nitrogens with zero attached hydrogens (tertiary/aromatic N) is 2. The van der Waals surface area contributed by atoms with E-state index in [0.29, 0.717) is 11.3 Å². The number of carbonyl (C=O) groups excluding carboxylic acids is 2. The second-order valence-corrected chi connectivity index (χ2v) is 8.22. The molecule has 2 heterocycles. The molecule has 31 heavy (non-hydrogen) atoms. The molecule has 0 bridgehead atoms. The first-order valence-electron chi connectivity index (χ1n) is 9.59. The summed E-state index contributed by atoms with van der Waals surface area (Å²) in [5.74, 6) is -0.989. The van der Waals surface area contributed by atoms with E-state index in [2.05, 4.69) is 10.4 Å². The molecule has 0 amide bonds. The molecule has 0 saturated heterocycles. The number of fused-ring (bicyclic) bond motifs is 2. The molecule has 0 radical (unpaired) electrons. The van der Waals surface area contributed by atoms with Crippen molar-refractivity contribution in [3.8, 4) is 5.69 Å². The fourth-order valence-electron chi connectivity index (χ4n) is 3.46. The molecule has 0 atom stereocenters. The topological polar surface area (TPSA) is 64.0 Å². The van der Waals surface area contributed by atoms with Crippen LogP contribution in [0.2, 0.25) is 0 Å². The molecule has 5 nitrogen and oxygen atoms in total. The summed E-state index contributed by atoms with van der Waals surface area (Å²) in [6.45, 7) is 1.37. The van der Waals surface area contributed by atoms with Crippen LogP contribution in [0.3, 0.4) is 0 Å². The van der Waals surface area contributed by atoms with E-state index in [-0.39, 0.29) is 28.6 Å². The molecule has 0 aliphatic carbocycles. The first kappa shape index (κ1) is 19.3. The van der Waals surface area contributed by atoms with Crippen LogP contribution in [0.15, 0.2) is 82.7 Å². The molecule has 7 heteroatoms. The van der Waals surface area contributed by atoms with Crippen molar-refractivity contribution in [1.29, 1.82) is 0 Å². The van der Waals surface area contributed by atoms with Crippen molar-refractivity contribution in [1.82, 2.24) is 9.78 Å². The third-order valence-corrected chi connectivity index (χ3v) is 6.15. The summed E-state index contributed by atoms with van der Waals surface area (Å²) < 4.78 is 14.7. The molecule has 0 unspecified atom stereocenters. The summed E-state index contributed by atoms with van der Waals surface area (Å²) in [4.78, 5) is 27.6. The van der Waals surface area contributed by atoms with Gasteiger partial charge in [-0.3, -0.25) is 9.59 Å². The van der Waals surface area contributed by atoms with Crippen LogP contribution in [0.5, 0.6) is 0 Å². The zero-order valence-electron chi connectivity index (χ0n) is 16.4. The average Bonchev–Trinajstić information content (AvgIpc) is 3.23. The summed E-state index contributed by atoms with van der Waals surface area (Å²) in [6.07, 6.45) is 1.52. The number of hydrogen-bond acceptors (Lipinski definition) is 5. The van der Waals surface area contributed by atoms with E-state index in [1.54, 1.807) is 23.9 Å². The van der Waals surface area contributed by atoms with Gasteiger partial charge in [-0.2, -0.15) is 5.10 Å². The summed E-state index contributed by atoms with van der Waals surface area (Å²) in [5, 5.41) is 7.64. The van der Waals surface area contributed by atoms with Crippen molar-refractivity contribution < 1.29 is 14.0 Å². The van der Waals surface area contributed by atoms with E-state index in [9.17, 15) is 14.0 Å². The van der Waals surface area contributed by atoms with Gasteiger partial charge in [-0.15, -0.1) is 0 Å². The minimum atomic E-state index is -0.375. The lowest BCUT2D eigenvalue weighted by Gasteiger charge is -2.21. The summed E-state index contributed by atoms with van der Waals surface area (Å²) in [6, 6.07) is 19.1. The maximum atomic E-state index is 13.3. The maximum absolute atomic E-state index is 13.3. The number of carbonyl (C=O) groups is 2. The highest BCUT2D eigenvalue weighted by molar-refractivity contribution is 7.99. The van der Waals surface area contributed by atoms with Gasteiger partial charge in [0.15, 0.2) is 11.6 Å². The van der Waals surface area contributed by atoms with Gasteiger partial charge >= 0.3 is 0 Å². The molecule has 1 aliphatic heterocycles. The molecule has 4 aromatic rings. The van der Waals surface area contributed by atoms with Gasteiger partial charge in [-0.1, -0.05) is 23.9 Å². The highest BCUT2D eigenvalue weighted by Crippen LogP contribution is 2.44. The van der Waals surface area contributed by atoms with Crippen molar-refractivity contribution >= 4 is 34.7 Å². The number of Topliss-reactive ketones (excluding diaryl/α,β-unsaturated/α-hetero) is 1. The van der Waals surface area contributed by atoms with Crippen LogP contribution >= 0.6 is 11.8 Å². The van der Waals surface area contributed by atoms with Crippen LogP contribution < -0.4 is 5.32 Å². The van der Waals surface area contributed by atoms with E-state index in [1.807, 2.05) is 30.3 Å². The van der Waals surface area contributed by atoms with Gasteiger partial charge in [0, 0.05) is 28.5 Å². The number of ketones is 2. The molecule has 0 fully saturated rings. The lowest BCUT2D eigenvalue weighted by atomic mass is 10.0. The lowest BCUT2D eigenvalue weighted by molar-refractivity contribution is 0.0987. The normalized spacial score (nSPS) is 11.9. The Morgan fingerprint density at radius 2 is 1.71 bits per heavy atom. The van der Waals surface area contributed by atoms with Gasteiger partial charge in [-0.05, 0) is 54.6 Å². The number of nitrogens with one attached hydrogen (secondary N) is 1. The van der Waals surface area contributed by atoms with Crippen molar-refractivity contribution in [2.75, 3.05) is 5.32 Å². The fourth-order valence-corrected chi connectivity index (χ4v) is 4.43. The predicted molar refractivity (Wildman–Crippen MR) is 117 cm³/mol. The third kappa shape index (κ3) is 3.53. The molecule has 1 aromatic heterocycles. The van der Waals surface area contributed by atoms with E-state index in [0.717, 1.165) is 21.2 Å². The van der Waals surface area contributed by atoms with Crippen LogP contribution in [0.4, 0.5) is 15.8 Å². The van der Waals surface area contributed by atoms with Gasteiger partial charge in [0.2, 0.25) is 0 Å². The first-order chi connectivity index (χ1) is 15.0. The summed E-state index contributed by atoms with van der Waals surface area (Å²) >= 11 is 1.63. The van der Waals surface area contributed by atoms with Crippen LogP contribution in [0.25, 0.3) is 5.69 Å². The SMILES string of the molecule is CC(=O)c1nn(-c2ccc(F)cc2)cc1C(=O)c1ccc2c(c1)Nc1ccccc1S2. The Bertz CT molecular complexity index is 1350. The van der Waals surface area contributed by atoms with E-state index < -0.39 is 0 Å². The van der Waals surface area contributed by atoms with E-state index >= 15 is 0 Å². The standard InChI is InChI=1S/C24H16FN3O2S/c1-14(29)23-18(13-28(27-23)17-9-7-16(25)8-10-17)24(30)15-6-11-22-20(12-15)26-19-4-2-3-5-21(19)31-22/h2-13,26H,1H3. The van der Waals surface area contributed by atoms with Gasteiger partial charge in [0.25, 0.3) is 0 Å². The van der Waals surface area contributed by atoms with Crippen molar-refractivity contribution in [2.24, 2.45) is 0 Å². The van der Waals surface area contributed by atoms with Crippen molar-refractivity contribution in [3.63, 3.8) is 0 Å². The number of aromatic nitrogens is 2. The van der Waals surface area contributed by atoms with Crippen molar-refractivity contribution in [3.05, 3.63) is 95.6 Å². The van der Waals surface area contributed by atoms with Gasteiger partial charge in [0.1, 0.15) is 11.5 Å². The molecular formula is C24H16FN3O2S. The van der Waals surface area contributed by atoms with Crippen LogP contribution in [-0.4, -0.2) is 21.3 Å². The highest BCUT2D eigenvalue weighted by Gasteiger charge is 2.23. The number of para-hydroxylation sites is 1. The number of rotatable bonds is 4. The Morgan fingerprint density at radius 3 is 2.48 bits per heavy atom. The van der Waals surface area contributed by atoms with Crippen LogP contribution in [0.1, 0.15) is 33.3 Å². The monoisotopic (exact) mass is 429 g/mol. The number of halogens is 1. The second kappa shape index (κ2) is 7.52. The van der Waals surface area contributed by atoms with Gasteiger partial charge in [0.05, 0.1) is 22.6 Å². The number of anilines is 2. The first-order valence-corrected chi connectivity index (χ1v) is 10.4. The maximum Gasteiger partial charge on any atom is 0.197 e. The number of hydrogen-bond donors (Lipinski definition) is 1. The summed E-state index contributed by atoms with van der Waals surface area (Å²) in [7, 11) is 0. The Morgan fingerprint density at radius 1 is 0.968 bits per heavy atom. The highest BCUT2D eigenvalue weighted by atomic mass is 32.2. The van der Waals surface area contributed by atoms with E-state index in [4.69, 9.17) is 0 Å². The average molecular weight is 429 g/mol. The molecule has 152 valence electrons. The largest absolute Gasteiger partial charge is 0.354 e. The van der Waals surface area contributed by atoms with Gasteiger partial charge < -0.3 is 5.32 Å². The molecule has 3 aromatic carbocycles. The zero-order valence-corrected chi connectivity index (χ0v) is 17.2. The number of benzene rings is 3. The smallest absolute Gasteiger partial charge is 0.197 e. The molecular weight excluding hydrogens is 413 g/mol. The minimum absolute atomic E-state index is 0.0831. The quantitative estimate of drug-likeness (QED) is 0.374. The molecule has 1 N–H and O–H groups in total. The van der Waals surface area contributed by atoms with Crippen LogP contribution in [0, 0.1) is 5.82 Å². The Kier molecular flexibility index (Phi) is 4.67. The zero-order chi connectivity index (χ0) is 21.5. The Labute approximate surface area is 181 Å². The molecule has 0 spiro atoms. The molecule has 5 rings (SSSR count). The van der Waals surface area contributed by atoms with Crippen LogP contribution in [-0.2, 0) is 0 Å².